The van der Waals surface area contributed by atoms with Gasteiger partial charge in [-0.25, -0.2) is 4.79 Å². The van der Waals surface area contributed by atoms with Crippen LogP contribution in [0.2, 0.25) is 0 Å². The van der Waals surface area contributed by atoms with Crippen molar-refractivity contribution in [2.45, 2.75) is 12.5 Å². The van der Waals surface area contributed by atoms with Crippen LogP contribution in [0.4, 0.5) is 4.79 Å². The standard InChI is InChI=1S/C8H11NO3/c1-2-6-3-4-9(8(11)12)5-7(6)10/h1,6-7,10H,3-5H2,(H,11,12). The molecule has 1 aliphatic rings. The highest BCUT2D eigenvalue weighted by Crippen LogP contribution is 2.16. The van der Waals surface area contributed by atoms with E-state index in [1.807, 2.05) is 0 Å². The molecule has 1 heterocycles. The number of aliphatic hydroxyl groups excluding tert-OH is 1. The quantitative estimate of drug-likeness (QED) is 0.501. The van der Waals surface area contributed by atoms with Gasteiger partial charge in [-0.05, 0) is 6.42 Å². The predicted molar refractivity (Wildman–Crippen MR) is 42.5 cm³/mol. The van der Waals surface area contributed by atoms with Gasteiger partial charge in [0.2, 0.25) is 0 Å². The molecule has 2 N–H and O–H groups in total. The Kier molecular flexibility index (Phi) is 2.56. The first-order chi connectivity index (χ1) is 5.65. The summed E-state index contributed by atoms with van der Waals surface area (Å²) >= 11 is 0. The molecular formula is C8H11NO3. The summed E-state index contributed by atoms with van der Waals surface area (Å²) in [6, 6.07) is 0. The van der Waals surface area contributed by atoms with Crippen molar-refractivity contribution < 1.29 is 15.0 Å². The zero-order chi connectivity index (χ0) is 9.14. The lowest BCUT2D eigenvalue weighted by Crippen LogP contribution is -2.45. The SMILES string of the molecule is C#CC1CCN(C(=O)O)CC1O. The minimum atomic E-state index is -0.996. The van der Waals surface area contributed by atoms with Crippen molar-refractivity contribution in [2.75, 3.05) is 13.1 Å². The highest BCUT2D eigenvalue weighted by atomic mass is 16.4. The van der Waals surface area contributed by atoms with Crippen LogP contribution < -0.4 is 0 Å². The van der Waals surface area contributed by atoms with Gasteiger partial charge in [-0.3, -0.25) is 0 Å². The third-order valence-electron chi connectivity index (χ3n) is 2.07. The summed E-state index contributed by atoms with van der Waals surface area (Å²) in [7, 11) is 0. The maximum absolute atomic E-state index is 10.5. The largest absolute Gasteiger partial charge is 0.465 e. The van der Waals surface area contributed by atoms with Crippen LogP contribution in [0.5, 0.6) is 0 Å². The van der Waals surface area contributed by atoms with E-state index in [1.54, 1.807) is 0 Å². The average Bonchev–Trinajstić information content (AvgIpc) is 2.04. The predicted octanol–water partition coefficient (Wildman–Crippen LogP) is -0.0196. The second kappa shape index (κ2) is 3.46. The van der Waals surface area contributed by atoms with Crippen LogP contribution in [-0.4, -0.2) is 40.4 Å². The number of terminal acetylenes is 1. The first-order valence-corrected chi connectivity index (χ1v) is 3.77. The van der Waals surface area contributed by atoms with Crippen molar-refractivity contribution in [1.29, 1.82) is 0 Å². The topological polar surface area (TPSA) is 60.8 Å². The molecule has 1 saturated heterocycles. The Morgan fingerprint density at radius 1 is 1.67 bits per heavy atom. The Morgan fingerprint density at radius 3 is 2.75 bits per heavy atom. The molecule has 0 aliphatic carbocycles. The Hall–Kier alpha value is -1.21. The fourth-order valence-corrected chi connectivity index (χ4v) is 1.30. The fourth-order valence-electron chi connectivity index (χ4n) is 1.30. The summed E-state index contributed by atoms with van der Waals surface area (Å²) in [5, 5.41) is 17.9. The molecule has 4 heteroatoms. The third-order valence-corrected chi connectivity index (χ3v) is 2.07. The van der Waals surface area contributed by atoms with Crippen LogP contribution >= 0.6 is 0 Å². The summed E-state index contributed by atoms with van der Waals surface area (Å²) in [6.45, 7) is 0.547. The van der Waals surface area contributed by atoms with Gasteiger partial charge in [-0.1, -0.05) is 0 Å². The molecule has 0 aromatic rings. The summed E-state index contributed by atoms with van der Waals surface area (Å²) in [6.07, 6.45) is 3.98. The zero-order valence-corrected chi connectivity index (χ0v) is 6.60. The van der Waals surface area contributed by atoms with Crippen LogP contribution in [-0.2, 0) is 0 Å². The smallest absolute Gasteiger partial charge is 0.407 e. The van der Waals surface area contributed by atoms with E-state index in [4.69, 9.17) is 11.5 Å². The molecule has 2 atom stereocenters. The number of aliphatic hydroxyl groups is 1. The number of likely N-dealkylation sites (tertiary alicyclic amines) is 1. The fraction of sp³-hybridized carbons (Fsp3) is 0.625. The molecule has 1 amide bonds. The molecule has 0 saturated carbocycles. The Labute approximate surface area is 70.8 Å². The Morgan fingerprint density at radius 2 is 2.33 bits per heavy atom. The number of hydrogen-bond acceptors (Lipinski definition) is 2. The summed E-state index contributed by atoms with van der Waals surface area (Å²) in [5.41, 5.74) is 0. The van der Waals surface area contributed by atoms with Gasteiger partial charge in [0.25, 0.3) is 0 Å². The number of nitrogens with zero attached hydrogens (tertiary/aromatic N) is 1. The lowest BCUT2D eigenvalue weighted by Gasteiger charge is -2.31. The zero-order valence-electron chi connectivity index (χ0n) is 6.60. The van der Waals surface area contributed by atoms with Crippen molar-refractivity contribution in [1.82, 2.24) is 4.90 Å². The number of carbonyl (C=O) groups is 1. The van der Waals surface area contributed by atoms with Crippen LogP contribution in [0.25, 0.3) is 0 Å². The van der Waals surface area contributed by atoms with Crippen molar-refractivity contribution in [3.8, 4) is 12.3 Å². The molecule has 1 aliphatic heterocycles. The molecule has 12 heavy (non-hydrogen) atoms. The minimum absolute atomic E-state index is 0.129. The van der Waals surface area contributed by atoms with Crippen molar-refractivity contribution in [3.63, 3.8) is 0 Å². The van der Waals surface area contributed by atoms with Crippen LogP contribution in [0.15, 0.2) is 0 Å². The molecule has 1 rings (SSSR count). The second-order valence-electron chi connectivity index (χ2n) is 2.86. The third kappa shape index (κ3) is 1.69. The summed E-state index contributed by atoms with van der Waals surface area (Å²) < 4.78 is 0. The maximum Gasteiger partial charge on any atom is 0.407 e. The molecule has 66 valence electrons. The average molecular weight is 169 g/mol. The Balaban J connectivity index is 2.53. The van der Waals surface area contributed by atoms with Crippen LogP contribution in [0.1, 0.15) is 6.42 Å². The number of piperidine rings is 1. The van der Waals surface area contributed by atoms with E-state index < -0.39 is 12.2 Å². The normalized spacial score (nSPS) is 29.5. The summed E-state index contributed by atoms with van der Waals surface area (Å²) in [4.78, 5) is 11.6. The molecule has 4 nitrogen and oxygen atoms in total. The van der Waals surface area contributed by atoms with Gasteiger partial charge in [0.1, 0.15) is 0 Å². The van der Waals surface area contributed by atoms with E-state index in [0.29, 0.717) is 13.0 Å². The first kappa shape index (κ1) is 8.88. The molecular weight excluding hydrogens is 158 g/mol. The number of hydrogen-bond donors (Lipinski definition) is 2. The van der Waals surface area contributed by atoms with Crippen molar-refractivity contribution in [2.24, 2.45) is 5.92 Å². The van der Waals surface area contributed by atoms with E-state index in [2.05, 4.69) is 5.92 Å². The highest BCUT2D eigenvalue weighted by Gasteiger charge is 2.28. The van der Waals surface area contributed by atoms with E-state index >= 15 is 0 Å². The molecule has 0 aromatic heterocycles. The maximum atomic E-state index is 10.5. The van der Waals surface area contributed by atoms with E-state index in [-0.39, 0.29) is 12.5 Å². The van der Waals surface area contributed by atoms with Gasteiger partial charge in [0.15, 0.2) is 0 Å². The van der Waals surface area contributed by atoms with Crippen LogP contribution in [0.3, 0.4) is 0 Å². The lowest BCUT2D eigenvalue weighted by molar-refractivity contribution is 0.0439. The van der Waals surface area contributed by atoms with Gasteiger partial charge in [-0.15, -0.1) is 12.3 Å². The van der Waals surface area contributed by atoms with Crippen molar-refractivity contribution >= 4 is 6.09 Å². The van der Waals surface area contributed by atoms with Gasteiger partial charge < -0.3 is 15.1 Å². The molecule has 1 fully saturated rings. The van der Waals surface area contributed by atoms with Gasteiger partial charge >= 0.3 is 6.09 Å². The number of carboxylic acid groups (broad SMARTS) is 1. The van der Waals surface area contributed by atoms with Crippen LogP contribution in [0, 0.1) is 18.3 Å². The molecule has 0 aromatic carbocycles. The highest BCUT2D eigenvalue weighted by molar-refractivity contribution is 5.65. The molecule has 0 radical (unpaired) electrons. The number of β-amino-alcohol motifs (C(OH)–C–C–N with tert-alkyl or cyclic N) is 1. The van der Waals surface area contributed by atoms with E-state index in [0.717, 1.165) is 0 Å². The second-order valence-corrected chi connectivity index (χ2v) is 2.86. The van der Waals surface area contributed by atoms with Gasteiger partial charge in [-0.2, -0.15) is 0 Å². The van der Waals surface area contributed by atoms with E-state index in [1.165, 1.54) is 4.90 Å². The number of amides is 1. The first-order valence-electron chi connectivity index (χ1n) is 3.77. The monoisotopic (exact) mass is 169 g/mol. The van der Waals surface area contributed by atoms with Gasteiger partial charge in [0, 0.05) is 12.5 Å². The lowest BCUT2D eigenvalue weighted by atomic mass is 9.95. The summed E-state index contributed by atoms with van der Waals surface area (Å²) in [5.74, 6) is 2.25. The number of rotatable bonds is 0. The molecule has 0 spiro atoms. The molecule has 0 bridgehead atoms. The Bertz CT molecular complexity index is 221. The minimum Gasteiger partial charge on any atom is -0.465 e. The molecule has 2 unspecified atom stereocenters. The van der Waals surface area contributed by atoms with Crippen molar-refractivity contribution in [3.05, 3.63) is 0 Å². The van der Waals surface area contributed by atoms with Gasteiger partial charge in [0.05, 0.1) is 12.6 Å². The van der Waals surface area contributed by atoms with E-state index in [9.17, 15) is 9.90 Å².